The molecule has 0 radical (unpaired) electrons. The highest BCUT2D eigenvalue weighted by atomic mass is 35.5. The summed E-state index contributed by atoms with van der Waals surface area (Å²) in [7, 11) is 0. The Kier molecular flexibility index (Phi) is 5.65. The number of thiazole rings is 1. The van der Waals surface area contributed by atoms with E-state index in [1.807, 2.05) is 31.2 Å². The van der Waals surface area contributed by atoms with Crippen molar-refractivity contribution in [2.45, 2.75) is 32.2 Å². The van der Waals surface area contributed by atoms with E-state index in [9.17, 15) is 9.59 Å². The summed E-state index contributed by atoms with van der Waals surface area (Å²) in [6, 6.07) is 14.8. The normalized spacial score (nSPS) is 15.0. The lowest BCUT2D eigenvalue weighted by Gasteiger charge is -2.11. The van der Waals surface area contributed by atoms with E-state index in [4.69, 9.17) is 11.6 Å². The van der Waals surface area contributed by atoms with Gasteiger partial charge in [0.05, 0.1) is 11.6 Å². The minimum Gasteiger partial charge on any atom is -0.351 e. The third kappa shape index (κ3) is 4.49. The summed E-state index contributed by atoms with van der Waals surface area (Å²) >= 11 is 7.30. The fourth-order valence-electron chi connectivity index (χ4n) is 3.32. The monoisotopic (exact) mass is 425 g/mol. The largest absolute Gasteiger partial charge is 0.351 e. The number of carbonyl (C=O) groups excluding carboxylic acids is 2. The van der Waals surface area contributed by atoms with E-state index < -0.39 is 0 Å². The zero-order chi connectivity index (χ0) is 20.4. The first-order valence-corrected chi connectivity index (χ1v) is 10.6. The molecule has 3 aromatic rings. The van der Waals surface area contributed by atoms with Crippen LogP contribution in [0.25, 0.3) is 0 Å². The second-order valence-electron chi connectivity index (χ2n) is 7.08. The Morgan fingerprint density at radius 1 is 1.14 bits per heavy atom. The lowest BCUT2D eigenvalue weighted by molar-refractivity contribution is -0.122. The summed E-state index contributed by atoms with van der Waals surface area (Å²) in [4.78, 5) is 30.7. The van der Waals surface area contributed by atoms with Crippen molar-refractivity contribution in [3.63, 3.8) is 0 Å². The van der Waals surface area contributed by atoms with Gasteiger partial charge in [-0.25, -0.2) is 4.98 Å². The molecule has 0 aliphatic heterocycles. The molecular formula is C22H20ClN3O2S. The van der Waals surface area contributed by atoms with Crippen molar-refractivity contribution in [1.82, 2.24) is 10.3 Å². The van der Waals surface area contributed by atoms with E-state index in [-0.39, 0.29) is 17.7 Å². The number of anilines is 1. The Hall–Kier alpha value is -2.70. The molecule has 2 N–H and O–H groups in total. The number of aromatic nitrogens is 1. The van der Waals surface area contributed by atoms with Crippen LogP contribution in [0.1, 0.15) is 44.4 Å². The molecule has 2 aromatic carbocycles. The van der Waals surface area contributed by atoms with Crippen molar-refractivity contribution < 1.29 is 9.59 Å². The Bertz CT molecular complexity index is 1040. The van der Waals surface area contributed by atoms with E-state index in [0.717, 1.165) is 29.0 Å². The van der Waals surface area contributed by atoms with Gasteiger partial charge in [0.15, 0.2) is 5.13 Å². The second kappa shape index (κ2) is 8.35. The van der Waals surface area contributed by atoms with Crippen LogP contribution in [0.15, 0.2) is 48.5 Å². The molecule has 0 fully saturated rings. The third-order valence-corrected chi connectivity index (χ3v) is 6.25. The summed E-state index contributed by atoms with van der Waals surface area (Å²) in [5.41, 5.74) is 3.55. The number of amides is 2. The summed E-state index contributed by atoms with van der Waals surface area (Å²) in [5.74, 6) is -0.535. The van der Waals surface area contributed by atoms with E-state index in [1.54, 1.807) is 24.3 Å². The molecule has 1 atom stereocenters. The Labute approximate surface area is 178 Å². The van der Waals surface area contributed by atoms with E-state index in [1.165, 1.54) is 16.9 Å². The highest BCUT2D eigenvalue weighted by Gasteiger charge is 2.32. The van der Waals surface area contributed by atoms with Gasteiger partial charge < -0.3 is 5.32 Å². The van der Waals surface area contributed by atoms with Gasteiger partial charge in [0, 0.05) is 22.0 Å². The maximum atomic E-state index is 12.7. The van der Waals surface area contributed by atoms with E-state index in [2.05, 4.69) is 15.6 Å². The summed E-state index contributed by atoms with van der Waals surface area (Å²) in [5, 5.41) is 6.93. The van der Waals surface area contributed by atoms with E-state index in [0.29, 0.717) is 22.3 Å². The lowest BCUT2D eigenvalue weighted by atomic mass is 10.1. The second-order valence-corrected chi connectivity index (χ2v) is 8.60. The first-order chi connectivity index (χ1) is 14.0. The van der Waals surface area contributed by atoms with Crippen LogP contribution in [0.4, 0.5) is 5.13 Å². The summed E-state index contributed by atoms with van der Waals surface area (Å²) in [6.07, 6.45) is 1.55. The molecule has 5 nitrogen and oxygen atoms in total. The number of rotatable bonds is 5. The molecule has 1 heterocycles. The first-order valence-electron chi connectivity index (χ1n) is 9.39. The lowest BCUT2D eigenvalue weighted by Crippen LogP contribution is -2.28. The van der Waals surface area contributed by atoms with Gasteiger partial charge in [0.2, 0.25) is 5.91 Å². The van der Waals surface area contributed by atoms with Crippen LogP contribution in [-0.2, 0) is 17.8 Å². The number of carbonyl (C=O) groups is 2. The maximum Gasteiger partial charge on any atom is 0.257 e. The fraction of sp³-hybridized carbons (Fsp3) is 0.227. The predicted octanol–water partition coefficient (Wildman–Crippen LogP) is 4.70. The van der Waals surface area contributed by atoms with Crippen LogP contribution < -0.4 is 10.6 Å². The minimum atomic E-state index is -0.270. The zero-order valence-electron chi connectivity index (χ0n) is 15.9. The van der Waals surface area contributed by atoms with Crippen molar-refractivity contribution in [1.29, 1.82) is 0 Å². The van der Waals surface area contributed by atoms with E-state index >= 15 is 0 Å². The number of fused-ring (bicyclic) bond motifs is 1. The summed E-state index contributed by atoms with van der Waals surface area (Å²) in [6.45, 7) is 2.53. The van der Waals surface area contributed by atoms with Crippen LogP contribution >= 0.6 is 22.9 Å². The van der Waals surface area contributed by atoms with Crippen molar-refractivity contribution in [2.24, 2.45) is 0 Å². The number of aryl methyl sites for hydroxylation is 2. The predicted molar refractivity (Wildman–Crippen MR) is 116 cm³/mol. The number of nitrogens with zero attached hydrogens (tertiary/aromatic N) is 1. The summed E-state index contributed by atoms with van der Waals surface area (Å²) < 4.78 is 0. The van der Waals surface area contributed by atoms with Crippen molar-refractivity contribution >= 4 is 39.9 Å². The van der Waals surface area contributed by atoms with Gasteiger partial charge in [-0.05, 0) is 49.6 Å². The Morgan fingerprint density at radius 2 is 1.86 bits per heavy atom. The molecule has 0 spiro atoms. The molecule has 0 saturated heterocycles. The molecule has 1 aromatic heterocycles. The average Bonchev–Trinajstić information content (AvgIpc) is 3.28. The van der Waals surface area contributed by atoms with Gasteiger partial charge >= 0.3 is 0 Å². The van der Waals surface area contributed by atoms with Gasteiger partial charge in [-0.2, -0.15) is 0 Å². The molecule has 2 amide bonds. The van der Waals surface area contributed by atoms with Crippen LogP contribution in [0.5, 0.6) is 0 Å². The zero-order valence-corrected chi connectivity index (χ0v) is 17.4. The highest BCUT2D eigenvalue weighted by Crippen LogP contribution is 2.38. The van der Waals surface area contributed by atoms with Gasteiger partial charge in [-0.3, -0.25) is 14.9 Å². The molecular weight excluding hydrogens is 406 g/mol. The number of halogens is 1. The number of nitrogens with one attached hydrogen (secondary N) is 2. The third-order valence-electron chi connectivity index (χ3n) is 4.95. The molecule has 148 valence electrons. The van der Waals surface area contributed by atoms with Gasteiger partial charge in [0.25, 0.3) is 5.91 Å². The quantitative estimate of drug-likeness (QED) is 0.622. The smallest absolute Gasteiger partial charge is 0.257 e. The van der Waals surface area contributed by atoms with Crippen molar-refractivity contribution in [2.75, 3.05) is 5.32 Å². The SMILES string of the molecule is Cc1ccc(CNC(=O)C2CCc3sc(NC(=O)c4ccc(Cl)cc4)nc32)cc1. The Balaban J connectivity index is 1.40. The molecule has 1 aliphatic carbocycles. The molecule has 0 bridgehead atoms. The molecule has 0 saturated carbocycles. The molecule has 4 rings (SSSR count). The number of benzene rings is 2. The van der Waals surface area contributed by atoms with Gasteiger partial charge in [-0.15, -0.1) is 11.3 Å². The number of hydrogen-bond donors (Lipinski definition) is 2. The maximum absolute atomic E-state index is 12.7. The van der Waals surface area contributed by atoms with Crippen molar-refractivity contribution in [3.05, 3.63) is 80.8 Å². The molecule has 29 heavy (non-hydrogen) atoms. The van der Waals surface area contributed by atoms with Crippen LogP contribution in [0.3, 0.4) is 0 Å². The number of hydrogen-bond acceptors (Lipinski definition) is 4. The topological polar surface area (TPSA) is 71.1 Å². The van der Waals surface area contributed by atoms with Gasteiger partial charge in [0.1, 0.15) is 0 Å². The highest BCUT2D eigenvalue weighted by molar-refractivity contribution is 7.16. The average molecular weight is 426 g/mol. The molecule has 1 unspecified atom stereocenters. The van der Waals surface area contributed by atoms with Crippen LogP contribution in [0.2, 0.25) is 5.02 Å². The fourth-order valence-corrected chi connectivity index (χ4v) is 4.48. The standard InChI is InChI=1S/C22H20ClN3O2S/c1-13-2-4-14(5-3-13)12-24-21(28)17-10-11-18-19(17)25-22(29-18)26-20(27)15-6-8-16(23)9-7-15/h2-9,17H,10-12H2,1H3,(H,24,28)(H,25,26,27). The Morgan fingerprint density at radius 3 is 2.59 bits per heavy atom. The first kappa shape index (κ1) is 19.6. The molecule has 7 heteroatoms. The minimum absolute atomic E-state index is 0.0230. The van der Waals surface area contributed by atoms with Crippen LogP contribution in [0, 0.1) is 6.92 Å². The molecule has 1 aliphatic rings. The van der Waals surface area contributed by atoms with Gasteiger partial charge in [-0.1, -0.05) is 41.4 Å². The van der Waals surface area contributed by atoms with Crippen molar-refractivity contribution in [3.8, 4) is 0 Å². The van der Waals surface area contributed by atoms with Crippen LogP contribution in [-0.4, -0.2) is 16.8 Å².